The van der Waals surface area contributed by atoms with Crippen molar-refractivity contribution in [2.24, 2.45) is 0 Å². The van der Waals surface area contributed by atoms with E-state index >= 15 is 0 Å². The van der Waals surface area contributed by atoms with Crippen LogP contribution in [0.3, 0.4) is 0 Å². The summed E-state index contributed by atoms with van der Waals surface area (Å²) < 4.78 is 0. The van der Waals surface area contributed by atoms with Gasteiger partial charge in [0.15, 0.2) is 0 Å². The van der Waals surface area contributed by atoms with Gasteiger partial charge < -0.3 is 9.80 Å². The number of anilines is 1. The standard InChI is InChI=1S/C17H16ClN3O3S/c18-13-3-5-15(16(12-13)21(23)24)19-7-9-20(10-8-19)17(22)6-4-14-2-1-11-25-14/h1-6,11-12H,7-10H2/b6-4+. The van der Waals surface area contributed by atoms with E-state index in [1.165, 1.54) is 6.07 Å². The molecule has 2 aromatic rings. The van der Waals surface area contributed by atoms with Crippen molar-refractivity contribution >= 4 is 46.3 Å². The first-order chi connectivity index (χ1) is 12.0. The van der Waals surface area contributed by atoms with Crippen molar-refractivity contribution in [1.82, 2.24) is 4.90 Å². The Hall–Kier alpha value is -2.38. The van der Waals surface area contributed by atoms with E-state index in [-0.39, 0.29) is 11.6 Å². The summed E-state index contributed by atoms with van der Waals surface area (Å²) in [6.07, 6.45) is 3.38. The molecule has 0 spiro atoms. The molecule has 130 valence electrons. The molecular weight excluding hydrogens is 362 g/mol. The van der Waals surface area contributed by atoms with Crippen LogP contribution in [0.1, 0.15) is 4.88 Å². The molecule has 1 aromatic heterocycles. The fourth-order valence-electron chi connectivity index (χ4n) is 2.72. The predicted octanol–water partition coefficient (Wildman–Crippen LogP) is 3.67. The first kappa shape index (κ1) is 17.4. The van der Waals surface area contributed by atoms with Crippen LogP contribution in [0.4, 0.5) is 11.4 Å². The fourth-order valence-corrected chi connectivity index (χ4v) is 3.51. The molecular formula is C17H16ClN3O3S. The molecule has 3 rings (SSSR count). The van der Waals surface area contributed by atoms with Gasteiger partial charge in [0, 0.05) is 48.2 Å². The molecule has 6 nitrogen and oxygen atoms in total. The van der Waals surface area contributed by atoms with Crippen molar-refractivity contribution in [3.63, 3.8) is 0 Å². The Labute approximate surface area is 154 Å². The zero-order valence-corrected chi connectivity index (χ0v) is 14.9. The molecule has 0 aliphatic carbocycles. The second kappa shape index (κ2) is 7.67. The molecule has 8 heteroatoms. The third-order valence-electron chi connectivity index (χ3n) is 4.00. The molecule has 0 N–H and O–H groups in total. The summed E-state index contributed by atoms with van der Waals surface area (Å²) in [5.41, 5.74) is 0.528. The van der Waals surface area contributed by atoms with E-state index in [1.807, 2.05) is 28.5 Å². The van der Waals surface area contributed by atoms with Crippen molar-refractivity contribution in [2.45, 2.75) is 0 Å². The van der Waals surface area contributed by atoms with Gasteiger partial charge in [-0.25, -0.2) is 0 Å². The molecule has 0 radical (unpaired) electrons. The van der Waals surface area contributed by atoms with Crippen LogP contribution in [-0.2, 0) is 4.79 Å². The zero-order valence-electron chi connectivity index (χ0n) is 13.3. The van der Waals surface area contributed by atoms with Gasteiger partial charge in [0.25, 0.3) is 5.69 Å². The van der Waals surface area contributed by atoms with Crippen LogP contribution in [0.2, 0.25) is 5.02 Å². The lowest BCUT2D eigenvalue weighted by Gasteiger charge is -2.35. The second-order valence-electron chi connectivity index (χ2n) is 5.55. The fraction of sp³-hybridized carbons (Fsp3) is 0.235. The monoisotopic (exact) mass is 377 g/mol. The highest BCUT2D eigenvalue weighted by Crippen LogP contribution is 2.31. The number of nitrogens with zero attached hydrogens (tertiary/aromatic N) is 3. The van der Waals surface area contributed by atoms with Gasteiger partial charge in [0.2, 0.25) is 5.91 Å². The van der Waals surface area contributed by atoms with Crippen LogP contribution < -0.4 is 4.90 Å². The number of carbonyl (C=O) groups excluding carboxylic acids is 1. The second-order valence-corrected chi connectivity index (χ2v) is 6.97. The number of hydrogen-bond donors (Lipinski definition) is 0. The number of halogens is 1. The first-order valence-electron chi connectivity index (χ1n) is 7.74. The van der Waals surface area contributed by atoms with Gasteiger partial charge in [-0.3, -0.25) is 14.9 Å². The van der Waals surface area contributed by atoms with Gasteiger partial charge in [-0.2, -0.15) is 0 Å². The average Bonchev–Trinajstić information content (AvgIpc) is 3.13. The molecule has 1 saturated heterocycles. The van der Waals surface area contributed by atoms with Crippen LogP contribution in [0.5, 0.6) is 0 Å². The van der Waals surface area contributed by atoms with Crippen molar-refractivity contribution in [2.75, 3.05) is 31.1 Å². The summed E-state index contributed by atoms with van der Waals surface area (Å²) in [5.74, 6) is -0.0429. The molecule has 0 saturated carbocycles. The maximum absolute atomic E-state index is 12.3. The highest BCUT2D eigenvalue weighted by molar-refractivity contribution is 7.10. The van der Waals surface area contributed by atoms with E-state index < -0.39 is 4.92 Å². The number of nitro benzene ring substituents is 1. The molecule has 1 aliphatic rings. The SMILES string of the molecule is O=C(/C=C/c1cccs1)N1CCN(c2ccc(Cl)cc2[N+](=O)[O-])CC1. The van der Waals surface area contributed by atoms with Gasteiger partial charge >= 0.3 is 0 Å². The van der Waals surface area contributed by atoms with E-state index in [2.05, 4.69) is 0 Å². The first-order valence-corrected chi connectivity index (χ1v) is 9.00. The number of thiophene rings is 1. The minimum atomic E-state index is -0.428. The Balaban J connectivity index is 1.64. The van der Waals surface area contributed by atoms with Crippen LogP contribution in [0.25, 0.3) is 6.08 Å². The predicted molar refractivity (Wildman–Crippen MR) is 100 cm³/mol. The van der Waals surface area contributed by atoms with Crippen LogP contribution >= 0.6 is 22.9 Å². The third-order valence-corrected chi connectivity index (χ3v) is 5.07. The lowest BCUT2D eigenvalue weighted by molar-refractivity contribution is -0.384. The Morgan fingerprint density at radius 2 is 2.00 bits per heavy atom. The summed E-state index contributed by atoms with van der Waals surface area (Å²) in [7, 11) is 0. The average molecular weight is 378 g/mol. The van der Waals surface area contributed by atoms with E-state index in [0.29, 0.717) is 36.9 Å². The number of nitro groups is 1. The molecule has 0 bridgehead atoms. The number of rotatable bonds is 4. The van der Waals surface area contributed by atoms with Crippen molar-refractivity contribution < 1.29 is 9.72 Å². The number of amides is 1. The molecule has 1 amide bonds. The number of piperazine rings is 1. The summed E-state index contributed by atoms with van der Waals surface area (Å²) in [6, 6.07) is 8.55. The molecule has 1 aromatic carbocycles. The largest absolute Gasteiger partial charge is 0.362 e. The zero-order chi connectivity index (χ0) is 17.8. The van der Waals surface area contributed by atoms with Crippen molar-refractivity contribution in [1.29, 1.82) is 0 Å². The van der Waals surface area contributed by atoms with Gasteiger partial charge in [0.05, 0.1) is 4.92 Å². The lowest BCUT2D eigenvalue weighted by Crippen LogP contribution is -2.48. The van der Waals surface area contributed by atoms with Gasteiger partial charge in [-0.05, 0) is 29.7 Å². The highest BCUT2D eigenvalue weighted by Gasteiger charge is 2.25. The normalized spacial score (nSPS) is 14.9. The Morgan fingerprint density at radius 1 is 1.24 bits per heavy atom. The molecule has 1 aliphatic heterocycles. The summed E-state index contributed by atoms with van der Waals surface area (Å²) in [4.78, 5) is 27.8. The van der Waals surface area contributed by atoms with E-state index in [4.69, 9.17) is 11.6 Å². The van der Waals surface area contributed by atoms with Crippen molar-refractivity contribution in [3.8, 4) is 0 Å². The maximum atomic E-state index is 12.3. The number of benzene rings is 1. The van der Waals surface area contributed by atoms with E-state index in [0.717, 1.165) is 4.88 Å². The lowest BCUT2D eigenvalue weighted by atomic mass is 10.2. The van der Waals surface area contributed by atoms with Gasteiger partial charge in [-0.1, -0.05) is 17.7 Å². The Kier molecular flexibility index (Phi) is 5.35. The molecule has 0 unspecified atom stereocenters. The Bertz CT molecular complexity index is 799. The van der Waals surface area contributed by atoms with Crippen LogP contribution in [0, 0.1) is 10.1 Å². The van der Waals surface area contributed by atoms with Gasteiger partial charge in [-0.15, -0.1) is 11.3 Å². The number of carbonyl (C=O) groups is 1. The topological polar surface area (TPSA) is 66.7 Å². The number of hydrogen-bond acceptors (Lipinski definition) is 5. The minimum Gasteiger partial charge on any atom is -0.362 e. The van der Waals surface area contributed by atoms with Crippen LogP contribution in [0.15, 0.2) is 41.8 Å². The third kappa shape index (κ3) is 4.18. The van der Waals surface area contributed by atoms with E-state index in [9.17, 15) is 14.9 Å². The Morgan fingerprint density at radius 3 is 2.64 bits per heavy atom. The van der Waals surface area contributed by atoms with Gasteiger partial charge in [0.1, 0.15) is 5.69 Å². The summed E-state index contributed by atoms with van der Waals surface area (Å²) >= 11 is 7.43. The smallest absolute Gasteiger partial charge is 0.294 e. The minimum absolute atomic E-state index is 0.00938. The van der Waals surface area contributed by atoms with Crippen molar-refractivity contribution in [3.05, 3.63) is 61.8 Å². The van der Waals surface area contributed by atoms with Crippen LogP contribution in [-0.4, -0.2) is 41.9 Å². The summed E-state index contributed by atoms with van der Waals surface area (Å²) in [6.45, 7) is 2.13. The molecule has 1 fully saturated rings. The molecule has 25 heavy (non-hydrogen) atoms. The summed E-state index contributed by atoms with van der Waals surface area (Å²) in [5, 5.41) is 13.5. The quantitative estimate of drug-likeness (QED) is 0.463. The maximum Gasteiger partial charge on any atom is 0.294 e. The molecule has 2 heterocycles. The molecule has 0 atom stereocenters. The van der Waals surface area contributed by atoms with E-state index in [1.54, 1.807) is 34.4 Å². The highest BCUT2D eigenvalue weighted by atomic mass is 35.5.